The molecule has 0 bridgehead atoms. The van der Waals surface area contributed by atoms with Crippen molar-refractivity contribution in [2.75, 3.05) is 13.7 Å². The first-order valence-electron chi connectivity index (χ1n) is 11.6. The Labute approximate surface area is 241 Å². The number of carboxylic acids is 1. The van der Waals surface area contributed by atoms with E-state index in [1.807, 2.05) is 13.0 Å². The number of thioether (sulfide) groups is 1. The zero-order valence-corrected chi connectivity index (χ0v) is 23.8. The van der Waals surface area contributed by atoms with Crippen LogP contribution in [0.15, 0.2) is 70.6 Å². The van der Waals surface area contributed by atoms with Gasteiger partial charge in [0.2, 0.25) is 0 Å². The Morgan fingerprint density at radius 3 is 2.46 bits per heavy atom. The number of carbonyl (C=O) groups is 2. The lowest BCUT2D eigenvalue weighted by molar-refractivity contribution is -0.384. The number of nitrogens with zero attached hydrogens (tertiary/aromatic N) is 3. The number of aliphatic imine (C=N–C) groups is 1. The van der Waals surface area contributed by atoms with Crippen molar-refractivity contribution < 1.29 is 29.1 Å². The summed E-state index contributed by atoms with van der Waals surface area (Å²) in [7, 11) is 1.52. The molecule has 3 aromatic carbocycles. The molecule has 1 aliphatic rings. The normalized spacial score (nSPS) is 15.2. The summed E-state index contributed by atoms with van der Waals surface area (Å²) in [6.45, 7) is 2.47. The number of ether oxygens (including phenoxy) is 2. The van der Waals surface area contributed by atoms with E-state index >= 15 is 0 Å². The van der Waals surface area contributed by atoms with Gasteiger partial charge in [-0.15, -0.1) is 0 Å². The molecule has 1 heterocycles. The molecule has 12 heteroatoms. The lowest BCUT2D eigenvalue weighted by Crippen LogP contribution is -2.28. The van der Waals surface area contributed by atoms with Crippen molar-refractivity contribution in [3.8, 4) is 11.5 Å². The molecule has 0 aromatic heterocycles. The van der Waals surface area contributed by atoms with Crippen LogP contribution >= 0.6 is 34.4 Å². The van der Waals surface area contributed by atoms with Gasteiger partial charge < -0.3 is 14.6 Å². The quantitative estimate of drug-likeness (QED) is 0.126. The fraction of sp³-hybridized carbons (Fsp3) is 0.148. The van der Waals surface area contributed by atoms with Crippen LogP contribution in [-0.4, -0.2) is 45.6 Å². The molecule has 1 N–H and O–H groups in total. The molecule has 0 atom stereocenters. The lowest BCUT2D eigenvalue weighted by Gasteiger charge is -2.14. The first-order valence-corrected chi connectivity index (χ1v) is 13.5. The topological polar surface area (TPSA) is 132 Å². The predicted octanol–water partition coefficient (Wildman–Crippen LogP) is 6.11. The Morgan fingerprint density at radius 1 is 1.18 bits per heavy atom. The van der Waals surface area contributed by atoms with Crippen LogP contribution in [0.5, 0.6) is 11.5 Å². The fourth-order valence-electron chi connectivity index (χ4n) is 3.64. The number of methoxy groups -OCH3 is 1. The second kappa shape index (κ2) is 12.3. The highest BCUT2D eigenvalue weighted by atomic mass is 127. The van der Waals surface area contributed by atoms with Crippen LogP contribution in [0, 0.1) is 13.7 Å². The molecular weight excluding hydrogens is 637 g/mol. The second-order valence-electron chi connectivity index (χ2n) is 8.15. The monoisotopic (exact) mass is 659 g/mol. The molecule has 1 saturated heterocycles. The highest BCUT2D eigenvalue weighted by molar-refractivity contribution is 14.1. The molecule has 3 aromatic rings. The molecule has 10 nitrogen and oxygen atoms in total. The van der Waals surface area contributed by atoms with E-state index in [1.165, 1.54) is 43.1 Å². The van der Waals surface area contributed by atoms with Gasteiger partial charge in [-0.05, 0) is 107 Å². The van der Waals surface area contributed by atoms with Gasteiger partial charge in [-0.25, -0.2) is 9.79 Å². The van der Waals surface area contributed by atoms with Gasteiger partial charge in [0.15, 0.2) is 16.7 Å². The Kier molecular flexibility index (Phi) is 8.86. The van der Waals surface area contributed by atoms with E-state index in [2.05, 4.69) is 27.6 Å². The minimum atomic E-state index is -1.02. The van der Waals surface area contributed by atoms with Gasteiger partial charge in [-0.2, -0.15) is 0 Å². The maximum atomic E-state index is 13.1. The van der Waals surface area contributed by atoms with Crippen molar-refractivity contribution in [2.45, 2.75) is 13.5 Å². The minimum absolute atomic E-state index is 0.00793. The van der Waals surface area contributed by atoms with E-state index in [4.69, 9.17) is 14.6 Å². The number of nitro groups is 1. The number of likely N-dealkylation sites (N-methyl/N-ethyl adjacent to an activating group) is 1. The van der Waals surface area contributed by atoms with E-state index in [-0.39, 0.29) is 23.8 Å². The average molecular weight is 659 g/mol. The van der Waals surface area contributed by atoms with E-state index in [1.54, 1.807) is 41.3 Å². The van der Waals surface area contributed by atoms with Gasteiger partial charge in [0.25, 0.3) is 11.6 Å². The standard InChI is InChI=1S/C27H22IN3O7S/c1-3-30-25(32)23(39-27(30)29-19-8-6-18(7-9-19)26(33)34)14-17-12-21(28)24(22(13-17)37-2)38-15-16-4-10-20(11-5-16)31(35)36/h4-14H,3,15H2,1-2H3,(H,33,34)/b23-14-,29-27?. The molecule has 0 radical (unpaired) electrons. The molecular formula is C27H22IN3O7S. The number of hydrogen-bond acceptors (Lipinski definition) is 8. The SMILES string of the molecule is CCN1C(=O)/C(=C/c2cc(I)c(OCc3ccc([N+](=O)[O-])cc3)c(OC)c2)SC1=Nc1ccc(C(=O)O)cc1. The van der Waals surface area contributed by atoms with Gasteiger partial charge in [0.1, 0.15) is 6.61 Å². The summed E-state index contributed by atoms with van der Waals surface area (Å²) in [4.78, 5) is 41.2. The maximum absolute atomic E-state index is 13.1. The molecule has 0 spiro atoms. The van der Waals surface area contributed by atoms with Crippen LogP contribution in [0.2, 0.25) is 0 Å². The van der Waals surface area contributed by atoms with Gasteiger partial charge in [-0.1, -0.05) is 0 Å². The Balaban J connectivity index is 1.55. The van der Waals surface area contributed by atoms with Crippen LogP contribution < -0.4 is 9.47 Å². The van der Waals surface area contributed by atoms with Crippen LogP contribution in [0.1, 0.15) is 28.4 Å². The molecule has 1 fully saturated rings. The molecule has 200 valence electrons. The number of rotatable bonds is 9. The molecule has 4 rings (SSSR count). The highest BCUT2D eigenvalue weighted by Gasteiger charge is 2.32. The number of carboxylic acid groups (broad SMARTS) is 1. The number of nitro benzene ring substituents is 1. The Morgan fingerprint density at radius 2 is 1.87 bits per heavy atom. The third kappa shape index (κ3) is 6.57. The van der Waals surface area contributed by atoms with Crippen molar-refractivity contribution >= 4 is 68.8 Å². The van der Waals surface area contributed by atoms with Crippen molar-refractivity contribution in [3.05, 3.63) is 95.9 Å². The number of amides is 1. The maximum Gasteiger partial charge on any atom is 0.335 e. The number of hydrogen-bond donors (Lipinski definition) is 1. The summed E-state index contributed by atoms with van der Waals surface area (Å²) in [5.74, 6) is -0.208. The second-order valence-corrected chi connectivity index (χ2v) is 10.3. The molecule has 39 heavy (non-hydrogen) atoms. The number of carbonyl (C=O) groups excluding carboxylic acids is 1. The lowest BCUT2D eigenvalue weighted by atomic mass is 10.1. The third-order valence-corrected chi connectivity index (χ3v) is 7.43. The van der Waals surface area contributed by atoms with Gasteiger partial charge in [0, 0.05) is 18.7 Å². The van der Waals surface area contributed by atoms with Gasteiger partial charge in [0.05, 0.1) is 31.8 Å². The van der Waals surface area contributed by atoms with E-state index in [0.29, 0.717) is 33.8 Å². The van der Waals surface area contributed by atoms with Gasteiger partial charge >= 0.3 is 5.97 Å². The van der Waals surface area contributed by atoms with Gasteiger partial charge in [-0.3, -0.25) is 19.8 Å². The first kappa shape index (κ1) is 28.1. The van der Waals surface area contributed by atoms with Crippen LogP contribution in [-0.2, 0) is 11.4 Å². The van der Waals surface area contributed by atoms with Crippen LogP contribution in [0.4, 0.5) is 11.4 Å². The van der Waals surface area contributed by atoms with E-state index < -0.39 is 10.9 Å². The number of amidine groups is 1. The predicted molar refractivity (Wildman–Crippen MR) is 157 cm³/mol. The smallest absolute Gasteiger partial charge is 0.335 e. The minimum Gasteiger partial charge on any atom is -0.493 e. The average Bonchev–Trinajstić information content (AvgIpc) is 3.21. The summed E-state index contributed by atoms with van der Waals surface area (Å²) in [5.41, 5.74) is 2.21. The summed E-state index contributed by atoms with van der Waals surface area (Å²) in [6.07, 6.45) is 1.76. The number of benzene rings is 3. The summed E-state index contributed by atoms with van der Waals surface area (Å²) >= 11 is 3.36. The Bertz CT molecular complexity index is 1490. The Hall–Kier alpha value is -3.91. The van der Waals surface area contributed by atoms with Crippen molar-refractivity contribution in [1.82, 2.24) is 4.90 Å². The van der Waals surface area contributed by atoms with Crippen LogP contribution in [0.25, 0.3) is 6.08 Å². The molecule has 0 saturated carbocycles. The summed E-state index contributed by atoms with van der Waals surface area (Å²) in [6, 6.07) is 15.9. The van der Waals surface area contributed by atoms with E-state index in [9.17, 15) is 19.7 Å². The molecule has 1 amide bonds. The summed E-state index contributed by atoms with van der Waals surface area (Å²) in [5, 5.41) is 20.5. The molecule has 0 unspecified atom stereocenters. The zero-order chi connectivity index (χ0) is 28.1. The number of aromatic carboxylic acids is 1. The molecule has 0 aliphatic carbocycles. The number of non-ortho nitro benzene ring substituents is 1. The zero-order valence-electron chi connectivity index (χ0n) is 20.8. The number of halogens is 1. The highest BCUT2D eigenvalue weighted by Crippen LogP contribution is 2.38. The fourth-order valence-corrected chi connectivity index (χ4v) is 5.49. The first-order chi connectivity index (χ1) is 18.7. The van der Waals surface area contributed by atoms with E-state index in [0.717, 1.165) is 14.7 Å². The van der Waals surface area contributed by atoms with Crippen molar-refractivity contribution in [3.63, 3.8) is 0 Å². The summed E-state index contributed by atoms with van der Waals surface area (Å²) < 4.78 is 12.3. The molecule has 1 aliphatic heterocycles. The third-order valence-electron chi connectivity index (χ3n) is 5.62. The van der Waals surface area contributed by atoms with Crippen LogP contribution in [0.3, 0.4) is 0 Å². The van der Waals surface area contributed by atoms with Crippen molar-refractivity contribution in [1.29, 1.82) is 0 Å². The van der Waals surface area contributed by atoms with Crippen molar-refractivity contribution in [2.24, 2.45) is 4.99 Å². The largest absolute Gasteiger partial charge is 0.493 e.